The predicted octanol–water partition coefficient (Wildman–Crippen LogP) is 4.74. The molecule has 4 saturated carbocycles. The molecule has 1 aromatic carbocycles. The molecular formula is C21H26ClNO3. The number of hydrogen-bond acceptors (Lipinski definition) is 3. The van der Waals surface area contributed by atoms with E-state index in [1.807, 2.05) is 6.92 Å². The van der Waals surface area contributed by atoms with Crippen molar-refractivity contribution in [1.82, 2.24) is 0 Å². The first-order valence-electron chi connectivity index (χ1n) is 9.62. The van der Waals surface area contributed by atoms with Crippen LogP contribution in [0.2, 0.25) is 5.02 Å². The zero-order chi connectivity index (χ0) is 18.3. The Labute approximate surface area is 159 Å². The zero-order valence-corrected chi connectivity index (χ0v) is 16.0. The second kappa shape index (κ2) is 6.88. The van der Waals surface area contributed by atoms with Crippen molar-refractivity contribution in [2.24, 2.45) is 23.2 Å². The smallest absolute Gasteiger partial charge is 0.306 e. The fraction of sp³-hybridized carbons (Fsp3) is 0.619. The van der Waals surface area contributed by atoms with Crippen LogP contribution in [0.1, 0.15) is 50.5 Å². The van der Waals surface area contributed by atoms with Crippen LogP contribution in [0.15, 0.2) is 18.2 Å². The number of aryl methyl sites for hydroxylation is 1. The van der Waals surface area contributed by atoms with Crippen LogP contribution in [0.5, 0.6) is 0 Å². The van der Waals surface area contributed by atoms with Gasteiger partial charge in [-0.2, -0.15) is 0 Å². The van der Waals surface area contributed by atoms with Gasteiger partial charge < -0.3 is 10.1 Å². The van der Waals surface area contributed by atoms with Gasteiger partial charge in [-0.05, 0) is 92.4 Å². The highest BCUT2D eigenvalue weighted by Gasteiger charge is 2.51. The minimum atomic E-state index is -0.311. The first-order valence-corrected chi connectivity index (χ1v) is 10.0. The molecule has 0 aromatic heterocycles. The number of benzene rings is 1. The molecular weight excluding hydrogens is 350 g/mol. The van der Waals surface area contributed by atoms with Crippen molar-refractivity contribution in [1.29, 1.82) is 0 Å². The average Bonchev–Trinajstić information content (AvgIpc) is 2.54. The number of rotatable bonds is 5. The van der Waals surface area contributed by atoms with E-state index >= 15 is 0 Å². The van der Waals surface area contributed by atoms with Gasteiger partial charge in [-0.25, -0.2) is 0 Å². The van der Waals surface area contributed by atoms with Gasteiger partial charge in [0.25, 0.3) is 5.91 Å². The molecule has 0 spiro atoms. The molecule has 4 aliphatic rings. The normalized spacial score (nSPS) is 31.7. The van der Waals surface area contributed by atoms with Crippen molar-refractivity contribution in [3.05, 3.63) is 28.8 Å². The Morgan fingerprint density at radius 2 is 1.77 bits per heavy atom. The summed E-state index contributed by atoms with van der Waals surface area (Å²) < 4.78 is 5.30. The third-order valence-electron chi connectivity index (χ3n) is 6.51. The van der Waals surface area contributed by atoms with Gasteiger partial charge in [0.2, 0.25) is 0 Å². The minimum absolute atomic E-state index is 0.148. The van der Waals surface area contributed by atoms with Crippen LogP contribution in [-0.2, 0) is 14.3 Å². The highest BCUT2D eigenvalue weighted by molar-refractivity contribution is 6.30. The fourth-order valence-corrected chi connectivity index (χ4v) is 6.19. The van der Waals surface area contributed by atoms with Crippen LogP contribution in [0, 0.1) is 30.1 Å². The predicted molar refractivity (Wildman–Crippen MR) is 101 cm³/mol. The molecule has 1 aromatic rings. The second-order valence-electron chi connectivity index (χ2n) is 8.76. The third kappa shape index (κ3) is 3.75. The SMILES string of the molecule is Cc1cc(Cl)ccc1NC(=O)COC(=O)CC12CC3CC(CC(C3)C1)C2. The Morgan fingerprint density at radius 3 is 2.35 bits per heavy atom. The standard InChI is InChI=1S/C21H26ClNO3/c1-13-4-17(22)2-3-18(13)23-19(24)12-26-20(25)11-21-8-14-5-15(9-21)7-16(6-14)10-21/h2-4,14-16H,5-12H2,1H3,(H,23,24). The van der Waals surface area contributed by atoms with E-state index in [1.54, 1.807) is 18.2 Å². The number of halogens is 1. The van der Waals surface area contributed by atoms with Crippen molar-refractivity contribution in [2.45, 2.75) is 51.9 Å². The van der Waals surface area contributed by atoms with Crippen LogP contribution >= 0.6 is 11.6 Å². The molecule has 0 saturated heterocycles. The monoisotopic (exact) mass is 375 g/mol. The molecule has 0 radical (unpaired) electrons. The number of ether oxygens (including phenoxy) is 1. The molecule has 26 heavy (non-hydrogen) atoms. The lowest BCUT2D eigenvalue weighted by atomic mass is 9.49. The topological polar surface area (TPSA) is 55.4 Å². The lowest BCUT2D eigenvalue weighted by Gasteiger charge is -2.56. The Kier molecular flexibility index (Phi) is 4.72. The summed E-state index contributed by atoms with van der Waals surface area (Å²) in [6.07, 6.45) is 8.06. The molecule has 1 amide bonds. The van der Waals surface area contributed by atoms with Gasteiger partial charge in [0.1, 0.15) is 0 Å². The van der Waals surface area contributed by atoms with Crippen molar-refractivity contribution >= 4 is 29.2 Å². The van der Waals surface area contributed by atoms with E-state index in [2.05, 4.69) is 5.32 Å². The lowest BCUT2D eigenvalue weighted by molar-refractivity contribution is -0.154. The number of hydrogen-bond donors (Lipinski definition) is 1. The quantitative estimate of drug-likeness (QED) is 0.756. The highest BCUT2D eigenvalue weighted by atomic mass is 35.5. The van der Waals surface area contributed by atoms with Crippen LogP contribution in [0.4, 0.5) is 5.69 Å². The van der Waals surface area contributed by atoms with E-state index in [0.717, 1.165) is 23.3 Å². The highest BCUT2D eigenvalue weighted by Crippen LogP contribution is 2.61. The number of amides is 1. The summed E-state index contributed by atoms with van der Waals surface area (Å²) in [6.45, 7) is 1.65. The first kappa shape index (κ1) is 17.8. The van der Waals surface area contributed by atoms with E-state index in [9.17, 15) is 9.59 Å². The van der Waals surface area contributed by atoms with Gasteiger partial charge in [-0.3, -0.25) is 9.59 Å². The molecule has 4 bridgehead atoms. The fourth-order valence-electron chi connectivity index (χ4n) is 5.96. The summed E-state index contributed by atoms with van der Waals surface area (Å²) in [4.78, 5) is 24.5. The Hall–Kier alpha value is -1.55. The Bertz CT molecular complexity index is 695. The van der Waals surface area contributed by atoms with Gasteiger partial charge in [-0.15, -0.1) is 0 Å². The summed E-state index contributed by atoms with van der Waals surface area (Å²) in [6, 6.07) is 5.27. The molecule has 5 heteroatoms. The maximum atomic E-state index is 12.4. The van der Waals surface area contributed by atoms with E-state index in [0.29, 0.717) is 17.1 Å². The number of carbonyl (C=O) groups excluding carboxylic acids is 2. The molecule has 5 rings (SSSR count). The summed E-state index contributed by atoms with van der Waals surface area (Å²) in [5, 5.41) is 3.40. The van der Waals surface area contributed by atoms with E-state index in [-0.39, 0.29) is 23.9 Å². The Balaban J connectivity index is 1.28. The van der Waals surface area contributed by atoms with Crippen molar-refractivity contribution in [2.75, 3.05) is 11.9 Å². The van der Waals surface area contributed by atoms with E-state index in [1.165, 1.54) is 38.5 Å². The molecule has 4 nitrogen and oxygen atoms in total. The van der Waals surface area contributed by atoms with Gasteiger partial charge in [0.15, 0.2) is 6.61 Å². The van der Waals surface area contributed by atoms with E-state index in [4.69, 9.17) is 16.3 Å². The number of anilines is 1. The molecule has 140 valence electrons. The number of esters is 1. The average molecular weight is 376 g/mol. The lowest BCUT2D eigenvalue weighted by Crippen LogP contribution is -2.47. The molecule has 0 unspecified atom stereocenters. The maximum Gasteiger partial charge on any atom is 0.306 e. The van der Waals surface area contributed by atoms with E-state index < -0.39 is 0 Å². The largest absolute Gasteiger partial charge is 0.456 e. The minimum Gasteiger partial charge on any atom is -0.456 e. The summed E-state index contributed by atoms with van der Waals surface area (Å²) in [5.41, 5.74) is 1.72. The van der Waals surface area contributed by atoms with Crippen LogP contribution in [-0.4, -0.2) is 18.5 Å². The van der Waals surface area contributed by atoms with Crippen molar-refractivity contribution in [3.8, 4) is 0 Å². The summed E-state index contributed by atoms with van der Waals surface area (Å²) >= 11 is 5.92. The number of nitrogens with one attached hydrogen (secondary N) is 1. The Morgan fingerprint density at radius 1 is 1.15 bits per heavy atom. The molecule has 0 atom stereocenters. The first-order chi connectivity index (χ1) is 12.4. The molecule has 4 fully saturated rings. The number of carbonyl (C=O) groups is 2. The van der Waals surface area contributed by atoms with Gasteiger partial charge in [-0.1, -0.05) is 11.6 Å². The molecule has 0 aliphatic heterocycles. The molecule has 0 heterocycles. The van der Waals surface area contributed by atoms with Gasteiger partial charge in [0, 0.05) is 10.7 Å². The second-order valence-corrected chi connectivity index (χ2v) is 9.20. The third-order valence-corrected chi connectivity index (χ3v) is 6.75. The van der Waals surface area contributed by atoms with Crippen molar-refractivity contribution < 1.29 is 14.3 Å². The molecule has 1 N–H and O–H groups in total. The van der Waals surface area contributed by atoms with Crippen LogP contribution < -0.4 is 5.32 Å². The zero-order valence-electron chi connectivity index (χ0n) is 15.2. The summed E-state index contributed by atoms with van der Waals surface area (Å²) in [5.74, 6) is 1.89. The maximum absolute atomic E-state index is 12.4. The molecule has 4 aliphatic carbocycles. The van der Waals surface area contributed by atoms with Gasteiger partial charge >= 0.3 is 5.97 Å². The van der Waals surface area contributed by atoms with Crippen LogP contribution in [0.25, 0.3) is 0 Å². The van der Waals surface area contributed by atoms with Gasteiger partial charge in [0.05, 0.1) is 6.42 Å². The van der Waals surface area contributed by atoms with Crippen LogP contribution in [0.3, 0.4) is 0 Å². The summed E-state index contributed by atoms with van der Waals surface area (Å²) in [7, 11) is 0. The van der Waals surface area contributed by atoms with Crippen molar-refractivity contribution in [3.63, 3.8) is 0 Å².